The van der Waals surface area contributed by atoms with Crippen LogP contribution in [0.2, 0.25) is 0 Å². The zero-order valence-electron chi connectivity index (χ0n) is 15.2. The van der Waals surface area contributed by atoms with E-state index in [0.29, 0.717) is 11.3 Å². The Bertz CT molecular complexity index is 1250. The first-order valence-electron chi connectivity index (χ1n) is 8.86. The van der Waals surface area contributed by atoms with E-state index in [1.165, 1.54) is 0 Å². The van der Waals surface area contributed by atoms with E-state index in [2.05, 4.69) is 37.5 Å². The van der Waals surface area contributed by atoms with E-state index in [4.69, 9.17) is 5.26 Å². The van der Waals surface area contributed by atoms with Gasteiger partial charge >= 0.3 is 0 Å². The first kappa shape index (κ1) is 18.7. The van der Waals surface area contributed by atoms with Crippen LogP contribution in [-0.4, -0.2) is 17.1 Å². The third kappa shape index (κ3) is 3.96. The fourth-order valence-corrected chi connectivity index (χ4v) is 3.47. The van der Waals surface area contributed by atoms with Crippen molar-refractivity contribution < 1.29 is 4.79 Å². The number of amides is 1. The molecule has 29 heavy (non-hydrogen) atoms. The lowest BCUT2D eigenvalue weighted by atomic mass is 10.0. The number of nitriles is 1. The van der Waals surface area contributed by atoms with Crippen LogP contribution in [0.25, 0.3) is 22.0 Å². The van der Waals surface area contributed by atoms with Gasteiger partial charge in [0.1, 0.15) is 5.69 Å². The number of aromatic nitrogens is 1. The Kier molecular flexibility index (Phi) is 5.23. The molecule has 0 bridgehead atoms. The van der Waals surface area contributed by atoms with Crippen LogP contribution < -0.4 is 5.43 Å². The SMILES string of the molecule is N#Cc1ccc(/C=N/NC(=O)c2[nH]c3ccc(Br)cc3c2-c2ccccc2)cc1. The summed E-state index contributed by atoms with van der Waals surface area (Å²) in [5.74, 6) is -0.332. The van der Waals surface area contributed by atoms with Crippen LogP contribution >= 0.6 is 15.9 Å². The van der Waals surface area contributed by atoms with Gasteiger partial charge in [0.05, 0.1) is 17.8 Å². The molecule has 0 saturated heterocycles. The maximum Gasteiger partial charge on any atom is 0.288 e. The number of halogens is 1. The Morgan fingerprint density at radius 1 is 1.07 bits per heavy atom. The van der Waals surface area contributed by atoms with E-state index in [0.717, 1.165) is 32.1 Å². The number of aromatic amines is 1. The molecule has 0 atom stereocenters. The van der Waals surface area contributed by atoms with Gasteiger partial charge in [-0.25, -0.2) is 5.43 Å². The second-order valence-electron chi connectivity index (χ2n) is 6.36. The van der Waals surface area contributed by atoms with E-state index >= 15 is 0 Å². The molecule has 1 aromatic heterocycles. The van der Waals surface area contributed by atoms with Crippen molar-refractivity contribution in [3.05, 3.63) is 94.1 Å². The number of rotatable bonds is 4. The number of hydrogen-bond donors (Lipinski definition) is 2. The molecule has 1 heterocycles. The summed E-state index contributed by atoms with van der Waals surface area (Å²) in [6.07, 6.45) is 1.54. The van der Waals surface area contributed by atoms with Gasteiger partial charge in [0, 0.05) is 20.9 Å². The summed E-state index contributed by atoms with van der Waals surface area (Å²) in [7, 11) is 0. The van der Waals surface area contributed by atoms with Gasteiger partial charge < -0.3 is 4.98 Å². The molecule has 0 aliphatic carbocycles. The first-order chi connectivity index (χ1) is 14.2. The van der Waals surface area contributed by atoms with E-state index < -0.39 is 0 Å². The normalized spacial score (nSPS) is 10.9. The van der Waals surface area contributed by atoms with Gasteiger partial charge in [-0.1, -0.05) is 58.4 Å². The standard InChI is InChI=1S/C23H15BrN4O/c24-18-10-11-20-19(12-18)21(17-4-2-1-3-5-17)22(27-20)23(29)28-26-14-16-8-6-15(13-25)7-9-16/h1-12,14,27H,(H,28,29)/b26-14+. The smallest absolute Gasteiger partial charge is 0.288 e. The van der Waals surface area contributed by atoms with Crippen LogP contribution in [0.15, 0.2) is 82.4 Å². The van der Waals surface area contributed by atoms with Gasteiger partial charge in [-0.05, 0) is 41.5 Å². The number of fused-ring (bicyclic) bond motifs is 1. The lowest BCUT2D eigenvalue weighted by Gasteiger charge is -2.04. The molecule has 0 fully saturated rings. The molecule has 4 rings (SSSR count). The summed E-state index contributed by atoms with van der Waals surface area (Å²) in [4.78, 5) is 16.1. The molecule has 0 aliphatic rings. The molecule has 0 saturated carbocycles. The molecule has 3 aromatic carbocycles. The maximum absolute atomic E-state index is 12.9. The van der Waals surface area contributed by atoms with Crippen LogP contribution in [0.5, 0.6) is 0 Å². The second-order valence-corrected chi connectivity index (χ2v) is 7.28. The van der Waals surface area contributed by atoms with Crippen LogP contribution in [-0.2, 0) is 0 Å². The molecular formula is C23H15BrN4O. The van der Waals surface area contributed by atoms with Crippen LogP contribution in [0.4, 0.5) is 0 Å². The van der Waals surface area contributed by atoms with Crippen molar-refractivity contribution in [1.82, 2.24) is 10.4 Å². The third-order valence-electron chi connectivity index (χ3n) is 4.47. The zero-order chi connectivity index (χ0) is 20.2. The predicted molar refractivity (Wildman–Crippen MR) is 118 cm³/mol. The highest BCUT2D eigenvalue weighted by atomic mass is 79.9. The highest BCUT2D eigenvalue weighted by Gasteiger charge is 2.19. The molecule has 0 spiro atoms. The van der Waals surface area contributed by atoms with Gasteiger partial charge in [-0.2, -0.15) is 10.4 Å². The molecule has 0 unspecified atom stereocenters. The quantitative estimate of drug-likeness (QED) is 0.335. The highest BCUT2D eigenvalue weighted by Crippen LogP contribution is 2.34. The van der Waals surface area contributed by atoms with Gasteiger partial charge in [0.2, 0.25) is 0 Å². The molecule has 1 amide bonds. The average Bonchev–Trinajstić information content (AvgIpc) is 3.13. The van der Waals surface area contributed by atoms with Gasteiger partial charge in [-0.3, -0.25) is 4.79 Å². The van der Waals surface area contributed by atoms with Crippen molar-refractivity contribution in [2.45, 2.75) is 0 Å². The number of H-pyrrole nitrogens is 1. The second kappa shape index (κ2) is 8.13. The zero-order valence-corrected chi connectivity index (χ0v) is 16.8. The van der Waals surface area contributed by atoms with Gasteiger partial charge in [0.15, 0.2) is 0 Å². The Morgan fingerprint density at radius 3 is 2.55 bits per heavy atom. The van der Waals surface area contributed by atoms with Crippen molar-refractivity contribution in [3.63, 3.8) is 0 Å². The number of carbonyl (C=O) groups is 1. The molecule has 6 heteroatoms. The summed E-state index contributed by atoms with van der Waals surface area (Å²) in [6.45, 7) is 0. The van der Waals surface area contributed by atoms with Crippen molar-refractivity contribution in [2.75, 3.05) is 0 Å². The summed E-state index contributed by atoms with van der Waals surface area (Å²) < 4.78 is 0.937. The average molecular weight is 443 g/mol. The Balaban J connectivity index is 1.66. The first-order valence-corrected chi connectivity index (χ1v) is 9.65. The number of nitrogens with one attached hydrogen (secondary N) is 2. The lowest BCUT2D eigenvalue weighted by Crippen LogP contribution is -2.18. The van der Waals surface area contributed by atoms with Crippen LogP contribution in [0, 0.1) is 11.3 Å². The van der Waals surface area contributed by atoms with Crippen molar-refractivity contribution >= 4 is 39.0 Å². The number of nitrogens with zero attached hydrogens (tertiary/aromatic N) is 2. The molecule has 0 aliphatic heterocycles. The number of benzene rings is 3. The molecular weight excluding hydrogens is 428 g/mol. The Labute approximate surface area is 175 Å². The van der Waals surface area contributed by atoms with E-state index in [-0.39, 0.29) is 5.91 Å². The maximum atomic E-state index is 12.9. The topological polar surface area (TPSA) is 81.0 Å². The van der Waals surface area contributed by atoms with Crippen molar-refractivity contribution in [3.8, 4) is 17.2 Å². The van der Waals surface area contributed by atoms with Crippen molar-refractivity contribution in [2.24, 2.45) is 5.10 Å². The summed E-state index contributed by atoms with van der Waals surface area (Å²) >= 11 is 3.51. The van der Waals surface area contributed by atoms with Gasteiger partial charge in [-0.15, -0.1) is 0 Å². The fraction of sp³-hybridized carbons (Fsp3) is 0. The summed E-state index contributed by atoms with van der Waals surface area (Å²) in [5.41, 5.74) is 7.03. The molecule has 140 valence electrons. The molecule has 5 nitrogen and oxygen atoms in total. The van der Waals surface area contributed by atoms with Crippen LogP contribution in [0.1, 0.15) is 21.6 Å². The molecule has 2 N–H and O–H groups in total. The number of hydrazone groups is 1. The number of carbonyl (C=O) groups excluding carboxylic acids is 1. The summed E-state index contributed by atoms with van der Waals surface area (Å²) in [5, 5.41) is 13.9. The molecule has 0 radical (unpaired) electrons. The largest absolute Gasteiger partial charge is 0.350 e. The van der Waals surface area contributed by atoms with Crippen molar-refractivity contribution in [1.29, 1.82) is 5.26 Å². The minimum atomic E-state index is -0.332. The molecule has 4 aromatic rings. The lowest BCUT2D eigenvalue weighted by molar-refractivity contribution is 0.0951. The van der Waals surface area contributed by atoms with Gasteiger partial charge in [0.25, 0.3) is 5.91 Å². The minimum Gasteiger partial charge on any atom is -0.350 e. The summed E-state index contributed by atoms with van der Waals surface area (Å²) in [6, 6.07) is 24.6. The van der Waals surface area contributed by atoms with E-state index in [1.54, 1.807) is 30.5 Å². The number of hydrogen-bond acceptors (Lipinski definition) is 3. The monoisotopic (exact) mass is 442 g/mol. The van der Waals surface area contributed by atoms with E-state index in [9.17, 15) is 4.79 Å². The van der Waals surface area contributed by atoms with E-state index in [1.807, 2.05) is 48.5 Å². The Hall–Kier alpha value is -3.69. The minimum absolute atomic E-state index is 0.332. The highest BCUT2D eigenvalue weighted by molar-refractivity contribution is 9.10. The Morgan fingerprint density at radius 2 is 1.83 bits per heavy atom. The fourth-order valence-electron chi connectivity index (χ4n) is 3.10. The third-order valence-corrected chi connectivity index (χ3v) is 4.96. The van der Waals surface area contributed by atoms with Crippen LogP contribution in [0.3, 0.4) is 0 Å². The predicted octanol–water partition coefficient (Wildman–Crippen LogP) is 5.23.